The largest absolute Gasteiger partial charge is 0.127 e. The van der Waals surface area contributed by atoms with Crippen molar-refractivity contribution >= 4 is 23.2 Å². The first kappa shape index (κ1) is 10.6. The molecule has 0 rings (SSSR count). The van der Waals surface area contributed by atoms with E-state index in [2.05, 4.69) is 13.8 Å². The van der Waals surface area contributed by atoms with Gasteiger partial charge in [-0.15, -0.1) is 23.2 Å². The first-order valence-electron chi connectivity index (χ1n) is 3.92. The average Bonchev–Trinajstić information content (AvgIpc) is 1.89. The average molecular weight is 183 g/mol. The minimum atomic E-state index is 0.323. The third kappa shape index (κ3) is 4.40. The fraction of sp³-hybridized carbons (Fsp3) is 1.00. The lowest BCUT2D eigenvalue weighted by molar-refractivity contribution is 0.503. The number of halogens is 2. The van der Waals surface area contributed by atoms with E-state index >= 15 is 0 Å². The second-order valence-electron chi connectivity index (χ2n) is 2.76. The molecule has 0 aromatic heterocycles. The van der Waals surface area contributed by atoms with Crippen molar-refractivity contribution in [3.63, 3.8) is 0 Å². The zero-order valence-electron chi connectivity index (χ0n) is 6.74. The molecule has 0 radical (unpaired) electrons. The van der Waals surface area contributed by atoms with E-state index in [0.717, 1.165) is 18.7 Å². The topological polar surface area (TPSA) is 0 Å². The summed E-state index contributed by atoms with van der Waals surface area (Å²) in [6, 6.07) is 0. The summed E-state index contributed by atoms with van der Waals surface area (Å²) in [5, 5.41) is 0.323. The van der Waals surface area contributed by atoms with E-state index < -0.39 is 0 Å². The van der Waals surface area contributed by atoms with Gasteiger partial charge in [-0.1, -0.05) is 20.3 Å². The van der Waals surface area contributed by atoms with Crippen LogP contribution in [0, 0.1) is 5.92 Å². The molecule has 2 heteroatoms. The van der Waals surface area contributed by atoms with Crippen molar-refractivity contribution < 1.29 is 0 Å². The Morgan fingerprint density at radius 2 is 1.90 bits per heavy atom. The molecule has 0 spiro atoms. The molecule has 0 N–H and O–H groups in total. The lowest BCUT2D eigenvalue weighted by Crippen LogP contribution is -2.11. The Morgan fingerprint density at radius 3 is 2.30 bits per heavy atom. The number of rotatable bonds is 5. The summed E-state index contributed by atoms with van der Waals surface area (Å²) in [7, 11) is 0. The van der Waals surface area contributed by atoms with Crippen LogP contribution in [0.5, 0.6) is 0 Å². The van der Waals surface area contributed by atoms with Crippen LogP contribution in [-0.4, -0.2) is 11.3 Å². The van der Waals surface area contributed by atoms with Crippen LogP contribution in [0.25, 0.3) is 0 Å². The van der Waals surface area contributed by atoms with Crippen molar-refractivity contribution in [1.82, 2.24) is 0 Å². The molecule has 0 heterocycles. The first-order chi connectivity index (χ1) is 4.72. The summed E-state index contributed by atoms with van der Waals surface area (Å²) >= 11 is 11.6. The third-order valence-electron chi connectivity index (χ3n) is 1.75. The molecule has 62 valence electrons. The quantitative estimate of drug-likeness (QED) is 0.570. The van der Waals surface area contributed by atoms with Gasteiger partial charge in [0.1, 0.15) is 0 Å². The molecular weight excluding hydrogens is 167 g/mol. The Balaban J connectivity index is 3.38. The molecular formula is C8H16Cl2. The molecule has 0 nitrogen and oxygen atoms in total. The van der Waals surface area contributed by atoms with E-state index in [1.54, 1.807) is 0 Å². The molecule has 2 atom stereocenters. The van der Waals surface area contributed by atoms with E-state index in [0.29, 0.717) is 11.3 Å². The van der Waals surface area contributed by atoms with E-state index in [1.807, 2.05) is 0 Å². The third-order valence-corrected chi connectivity index (χ3v) is 2.61. The molecule has 0 saturated carbocycles. The fourth-order valence-electron chi connectivity index (χ4n) is 0.913. The standard InChI is InChI=1S/C8H16Cl2/c1-3-4-8(10)7(2)5-6-9/h7-8H,3-6H2,1-2H3. The van der Waals surface area contributed by atoms with Gasteiger partial charge in [-0.3, -0.25) is 0 Å². The summed E-state index contributed by atoms with van der Waals surface area (Å²) in [4.78, 5) is 0. The molecule has 0 aliphatic heterocycles. The highest BCUT2D eigenvalue weighted by molar-refractivity contribution is 6.21. The van der Waals surface area contributed by atoms with Crippen LogP contribution in [0.4, 0.5) is 0 Å². The highest BCUT2D eigenvalue weighted by atomic mass is 35.5. The number of hydrogen-bond donors (Lipinski definition) is 0. The predicted molar refractivity (Wildman–Crippen MR) is 49.1 cm³/mol. The van der Waals surface area contributed by atoms with Crippen molar-refractivity contribution in [3.8, 4) is 0 Å². The van der Waals surface area contributed by atoms with E-state index in [-0.39, 0.29) is 0 Å². The van der Waals surface area contributed by atoms with E-state index in [1.165, 1.54) is 6.42 Å². The van der Waals surface area contributed by atoms with Crippen LogP contribution in [0.2, 0.25) is 0 Å². The maximum Gasteiger partial charge on any atom is 0.0361 e. The zero-order chi connectivity index (χ0) is 7.98. The number of alkyl halides is 2. The molecule has 10 heavy (non-hydrogen) atoms. The Labute approximate surface area is 73.9 Å². The molecule has 0 saturated heterocycles. The second-order valence-corrected chi connectivity index (χ2v) is 3.70. The minimum absolute atomic E-state index is 0.323. The van der Waals surface area contributed by atoms with Crippen LogP contribution in [0.15, 0.2) is 0 Å². The van der Waals surface area contributed by atoms with Crippen LogP contribution in [0.3, 0.4) is 0 Å². The summed E-state index contributed by atoms with van der Waals surface area (Å²) in [6.45, 7) is 4.32. The van der Waals surface area contributed by atoms with Gasteiger partial charge in [-0.25, -0.2) is 0 Å². The molecule has 0 aromatic rings. The summed E-state index contributed by atoms with van der Waals surface area (Å²) in [5.74, 6) is 1.30. The second kappa shape index (κ2) is 6.30. The normalized spacial score (nSPS) is 16.8. The van der Waals surface area contributed by atoms with Gasteiger partial charge in [0.05, 0.1) is 0 Å². The molecule has 0 aromatic carbocycles. The predicted octanol–water partition coefficient (Wildman–Crippen LogP) is 3.66. The van der Waals surface area contributed by atoms with Gasteiger partial charge in [0, 0.05) is 11.3 Å². The lowest BCUT2D eigenvalue weighted by atomic mass is 10.0. The SMILES string of the molecule is CCCC(Cl)C(C)CCCl. The maximum atomic E-state index is 6.05. The minimum Gasteiger partial charge on any atom is -0.127 e. The molecule has 0 bridgehead atoms. The fourth-order valence-corrected chi connectivity index (χ4v) is 1.60. The summed E-state index contributed by atoms with van der Waals surface area (Å²) in [5.41, 5.74) is 0. The zero-order valence-corrected chi connectivity index (χ0v) is 8.25. The smallest absolute Gasteiger partial charge is 0.0361 e. The number of hydrogen-bond acceptors (Lipinski definition) is 0. The molecule has 0 aliphatic rings. The van der Waals surface area contributed by atoms with E-state index in [9.17, 15) is 0 Å². The molecule has 0 aliphatic carbocycles. The van der Waals surface area contributed by atoms with Crippen molar-refractivity contribution in [2.45, 2.75) is 38.5 Å². The Kier molecular flexibility index (Phi) is 6.67. The Hall–Kier alpha value is 0.580. The first-order valence-corrected chi connectivity index (χ1v) is 4.89. The molecule has 0 amide bonds. The summed E-state index contributed by atoms with van der Waals surface area (Å²) in [6.07, 6.45) is 3.32. The van der Waals surface area contributed by atoms with Crippen molar-refractivity contribution in [1.29, 1.82) is 0 Å². The molecule has 2 unspecified atom stereocenters. The lowest BCUT2D eigenvalue weighted by Gasteiger charge is -2.15. The molecule has 0 fully saturated rings. The van der Waals surface area contributed by atoms with Crippen LogP contribution in [0.1, 0.15) is 33.1 Å². The van der Waals surface area contributed by atoms with Crippen LogP contribution < -0.4 is 0 Å². The monoisotopic (exact) mass is 182 g/mol. The van der Waals surface area contributed by atoms with Gasteiger partial charge in [-0.2, -0.15) is 0 Å². The maximum absolute atomic E-state index is 6.05. The van der Waals surface area contributed by atoms with Gasteiger partial charge >= 0.3 is 0 Å². The van der Waals surface area contributed by atoms with Gasteiger partial charge in [-0.05, 0) is 18.8 Å². The Morgan fingerprint density at radius 1 is 1.30 bits per heavy atom. The van der Waals surface area contributed by atoms with Gasteiger partial charge < -0.3 is 0 Å². The van der Waals surface area contributed by atoms with Crippen molar-refractivity contribution in [3.05, 3.63) is 0 Å². The van der Waals surface area contributed by atoms with Gasteiger partial charge in [0.2, 0.25) is 0 Å². The highest BCUT2D eigenvalue weighted by Gasteiger charge is 2.11. The summed E-state index contributed by atoms with van der Waals surface area (Å²) < 4.78 is 0. The van der Waals surface area contributed by atoms with Crippen LogP contribution >= 0.6 is 23.2 Å². The van der Waals surface area contributed by atoms with Crippen molar-refractivity contribution in [2.24, 2.45) is 5.92 Å². The Bertz CT molecular complexity index is 63.7. The van der Waals surface area contributed by atoms with Gasteiger partial charge in [0.25, 0.3) is 0 Å². The van der Waals surface area contributed by atoms with Crippen molar-refractivity contribution in [2.75, 3.05) is 5.88 Å². The van der Waals surface area contributed by atoms with E-state index in [4.69, 9.17) is 23.2 Å². The highest BCUT2D eigenvalue weighted by Crippen LogP contribution is 2.19. The van der Waals surface area contributed by atoms with Gasteiger partial charge in [0.15, 0.2) is 0 Å². The van der Waals surface area contributed by atoms with Crippen LogP contribution in [-0.2, 0) is 0 Å².